The lowest BCUT2D eigenvalue weighted by atomic mass is 10.2. The van der Waals surface area contributed by atoms with E-state index in [0.29, 0.717) is 0 Å². The minimum absolute atomic E-state index is 0. The number of nitrogens with zero attached hydrogens (tertiary/aromatic N) is 17. The second-order valence-corrected chi connectivity index (χ2v) is 21.5. The number of imidazole rings is 1. The van der Waals surface area contributed by atoms with Crippen molar-refractivity contribution >= 4 is 16.7 Å². The molecule has 0 atom stereocenters. The monoisotopic (exact) mass is 1670 g/mol. The van der Waals surface area contributed by atoms with Gasteiger partial charge in [0, 0.05) is 161 Å². The summed E-state index contributed by atoms with van der Waals surface area (Å²) in [7, 11) is 3.94. The molecule has 0 saturated carbocycles. The fourth-order valence-electron chi connectivity index (χ4n) is 7.42. The third-order valence-electron chi connectivity index (χ3n) is 13.1. The van der Waals surface area contributed by atoms with E-state index in [-0.39, 0.29) is 7.43 Å². The van der Waals surface area contributed by atoms with Crippen molar-refractivity contribution in [3.05, 3.63) is 323 Å². The number of aromatic nitrogens is 17. The summed E-state index contributed by atoms with van der Waals surface area (Å²) in [4.78, 5) is 45.8. The van der Waals surface area contributed by atoms with Crippen LogP contribution in [0.3, 0.4) is 0 Å². The van der Waals surface area contributed by atoms with Crippen molar-refractivity contribution in [2.75, 3.05) is 31.2 Å². The molecule has 11 aromatic heterocycles. The Labute approximate surface area is 740 Å². The van der Waals surface area contributed by atoms with Gasteiger partial charge >= 0.3 is 0 Å². The Kier molecular flexibility index (Phi) is 116. The maximum absolute atomic E-state index is 10.5. The summed E-state index contributed by atoms with van der Waals surface area (Å²) >= 11 is 0. The maximum Gasteiger partial charge on any atom is 0.189 e. The number of aryl methyl sites for hydroxylation is 16. The van der Waals surface area contributed by atoms with Crippen molar-refractivity contribution in [2.45, 2.75) is 271 Å². The van der Waals surface area contributed by atoms with Gasteiger partial charge in [0.25, 0.3) is 0 Å². The first-order valence-corrected chi connectivity index (χ1v) is 43.3. The van der Waals surface area contributed by atoms with Crippen LogP contribution in [-0.2, 0) is 18.8 Å². The third-order valence-corrected chi connectivity index (χ3v) is 13.1. The van der Waals surface area contributed by atoms with Gasteiger partial charge in [0.2, 0.25) is 0 Å². The Morgan fingerprint density at radius 2 is 0.884 bits per heavy atom. The van der Waals surface area contributed by atoms with Crippen LogP contribution in [0, 0.1) is 102 Å². The standard InChI is InChI=1S/C10H14N2O.C9H10N2.2C7H9N.C7H8.C6H7NO.C6H7N.C5H8N2.3C5H6N2.C4H6N2.12C2H6.CH4/c1-9-2-3-10(11-8-9)12-4-6-13-7-5-12;1-7-8-5-3-4-6-9(8)11(2)10-7;1-6-3-4-8-5-7(6)2;1-6-4-3-5-7(2)8-6;1-7-5-3-2-4-6-7;1-6-4-2-3-5-7(6)8;1-6-4-2-3-5-7-6;1-5-6-3-4-7(5)2;1-5-4-6-2-3-7-5;1-5-2-3-6-4-7-5;1-5-6-3-2-4-7-5;1-4-2-3-5-6-4;12*1-2;/h2-3,8H,4-7H2,1H3;3-6H,1-2H3;2*3-5H,1-2H3;2-6H,1H3;2-5H,1H3;2-5H,1H3;3-4H,1-2H3;3*2-4H,1H3;2-3H,1H3,(H,5,6);12*1-2H3;1H4. The third kappa shape index (κ3) is 82.4. The number of pyridine rings is 5. The molecule has 0 unspecified atom stereocenters. The number of H-pyrrole nitrogens is 1. The zero-order chi connectivity index (χ0) is 94.1. The highest BCUT2D eigenvalue weighted by atomic mass is 16.5. The van der Waals surface area contributed by atoms with E-state index in [1.807, 2.05) is 368 Å². The maximum atomic E-state index is 10.5. The fourth-order valence-corrected chi connectivity index (χ4v) is 7.42. The van der Waals surface area contributed by atoms with E-state index in [4.69, 9.17) is 4.74 Å². The highest BCUT2D eigenvalue weighted by molar-refractivity contribution is 5.81. The average Bonchev–Trinajstić information content (AvgIpc) is 1.69. The number of fused-ring (bicyclic) bond motifs is 1. The minimum atomic E-state index is 0. The highest BCUT2D eigenvalue weighted by Crippen LogP contribution is 2.16. The van der Waals surface area contributed by atoms with Crippen LogP contribution in [0.4, 0.5) is 5.82 Å². The topological polar surface area (TPSA) is 233 Å². The summed E-state index contributed by atoms with van der Waals surface area (Å²) in [6, 6.07) is 47.4. The van der Waals surface area contributed by atoms with Gasteiger partial charge in [0.05, 0.1) is 30.1 Å². The summed E-state index contributed by atoms with van der Waals surface area (Å²) in [5.41, 5.74) is 14.4. The SMILES string of the molecule is C.CC.CC.CC.CC.CC.CC.CC.CC.CC.CC.CC.CC.Cc1ccc(N2CCOCC2)nc1.Cc1cccc(C)n1.Cc1cccc[n+]1[O-].Cc1ccccc1.Cc1ccccn1.Cc1ccn[nH]1.Cc1ccncc1C.Cc1ccncn1.Cc1cnccn1.Cc1ncccn1.Cc1nccn1C.Cc1nn(C)c2ccccc12. The van der Waals surface area contributed by atoms with E-state index in [0.717, 1.165) is 94.1 Å². The van der Waals surface area contributed by atoms with Crippen molar-refractivity contribution < 1.29 is 9.47 Å². The molecule has 1 N–H and O–H groups in total. The molecule has 1 aliphatic heterocycles. The first-order chi connectivity index (χ1) is 58.2. The number of aromatic amines is 1. The largest absolute Gasteiger partial charge is 0.619 e. The molecule has 14 rings (SSSR count). The second-order valence-electron chi connectivity index (χ2n) is 21.5. The lowest BCUT2D eigenvalue weighted by Gasteiger charge is -2.27. The van der Waals surface area contributed by atoms with E-state index >= 15 is 0 Å². The van der Waals surface area contributed by atoms with Gasteiger partial charge in [-0.15, -0.1) is 0 Å². The Bertz CT molecular complexity index is 3640. The number of morpholine rings is 1. The van der Waals surface area contributed by atoms with Crippen LogP contribution in [0.25, 0.3) is 10.9 Å². The molecule has 678 valence electrons. The zero-order valence-corrected chi connectivity index (χ0v) is 82.8. The predicted molar refractivity (Wildman–Crippen MR) is 530 cm³/mol. The number of ether oxygens (including phenoxy) is 1. The minimum Gasteiger partial charge on any atom is -0.619 e. The normalized spacial score (nSPS) is 8.78. The molecule has 0 bridgehead atoms. The van der Waals surface area contributed by atoms with Gasteiger partial charge in [-0.2, -0.15) is 14.9 Å². The van der Waals surface area contributed by atoms with Crippen LogP contribution in [-0.4, -0.2) is 106 Å². The van der Waals surface area contributed by atoms with Crippen molar-refractivity contribution in [3.8, 4) is 0 Å². The molecule has 1 saturated heterocycles. The van der Waals surface area contributed by atoms with Gasteiger partial charge in [0.15, 0.2) is 11.9 Å². The molecule has 121 heavy (non-hydrogen) atoms. The van der Waals surface area contributed by atoms with Crippen LogP contribution in [0.5, 0.6) is 0 Å². The average molecular weight is 1670 g/mol. The molecule has 2 aromatic carbocycles. The number of rotatable bonds is 1. The Balaban J connectivity index is -0.000000119. The zero-order valence-electron chi connectivity index (χ0n) is 82.8. The molecule has 0 radical (unpaired) electrons. The molecular weight excluding hydrogens is 1500 g/mol. The lowest BCUT2D eigenvalue weighted by Crippen LogP contribution is -2.36. The molecule has 20 nitrogen and oxygen atoms in total. The van der Waals surface area contributed by atoms with Gasteiger partial charge < -0.3 is 19.4 Å². The number of nitrogens with one attached hydrogen (secondary N) is 1. The van der Waals surface area contributed by atoms with Crippen molar-refractivity contribution in [1.82, 2.24) is 79.4 Å². The van der Waals surface area contributed by atoms with E-state index in [9.17, 15) is 5.21 Å². The fraction of sp³-hybridized carbons (Fsp3) is 0.446. The summed E-state index contributed by atoms with van der Waals surface area (Å²) in [6.45, 7) is 79.2. The van der Waals surface area contributed by atoms with Crippen molar-refractivity contribution in [2.24, 2.45) is 14.1 Å². The number of hydrogen-bond acceptors (Lipinski definition) is 16. The predicted octanol–water partition coefficient (Wildman–Crippen LogP) is 27.3. The number of benzene rings is 2. The molecule has 0 amide bonds. The van der Waals surface area contributed by atoms with Crippen LogP contribution >= 0.6 is 0 Å². The molecule has 1 fully saturated rings. The smallest absolute Gasteiger partial charge is 0.189 e. The molecule has 12 heterocycles. The summed E-state index contributed by atoms with van der Waals surface area (Å²) in [5, 5.41) is 22.5. The van der Waals surface area contributed by atoms with Crippen LogP contribution in [0.1, 0.15) is 253 Å². The summed E-state index contributed by atoms with van der Waals surface area (Å²) < 4.78 is 9.99. The highest BCUT2D eigenvalue weighted by Gasteiger charge is 2.11. The van der Waals surface area contributed by atoms with Gasteiger partial charge in [-0.25, -0.2) is 29.9 Å². The second kappa shape index (κ2) is 105. The number of anilines is 1. The Morgan fingerprint density at radius 3 is 1.18 bits per heavy atom. The number of para-hydroxylation sites is 1. The first kappa shape index (κ1) is 133. The first-order valence-electron chi connectivity index (χ1n) is 43.3. The molecule has 0 aliphatic carbocycles. The Morgan fingerprint density at radius 1 is 0.380 bits per heavy atom. The van der Waals surface area contributed by atoms with E-state index < -0.39 is 0 Å². The van der Waals surface area contributed by atoms with E-state index in [1.54, 1.807) is 80.9 Å². The van der Waals surface area contributed by atoms with Gasteiger partial charge in [-0.05, 0) is 167 Å². The van der Waals surface area contributed by atoms with Gasteiger partial charge in [0.1, 0.15) is 23.8 Å². The van der Waals surface area contributed by atoms with Crippen LogP contribution in [0.2, 0.25) is 0 Å². The molecule has 1 aliphatic rings. The van der Waals surface area contributed by atoms with Crippen molar-refractivity contribution in [1.29, 1.82) is 0 Å². The number of hydrogen-bond donors (Lipinski definition) is 1. The molecule has 20 heteroatoms. The lowest BCUT2D eigenvalue weighted by molar-refractivity contribution is -0.612. The van der Waals surface area contributed by atoms with Crippen LogP contribution in [0.15, 0.2) is 239 Å². The quantitative estimate of drug-likeness (QED) is 0.119. The molecular formula is C101H172N18O2. The van der Waals surface area contributed by atoms with Crippen molar-refractivity contribution in [3.63, 3.8) is 0 Å². The Hall–Kier alpha value is -11.1. The summed E-state index contributed by atoms with van der Waals surface area (Å²) in [6.07, 6.45) is 26.1. The molecule has 0 spiro atoms. The van der Waals surface area contributed by atoms with Gasteiger partial charge in [-0.3, -0.25) is 34.7 Å². The van der Waals surface area contributed by atoms with E-state index in [1.165, 1.54) is 45.7 Å². The molecule has 13 aromatic rings. The van der Waals surface area contributed by atoms with Crippen LogP contribution < -0.4 is 9.63 Å². The van der Waals surface area contributed by atoms with E-state index in [2.05, 4.69) is 139 Å². The van der Waals surface area contributed by atoms with Gasteiger partial charge in [-0.1, -0.05) is 252 Å². The summed E-state index contributed by atoms with van der Waals surface area (Å²) in [5.74, 6) is 2.94.